The first-order valence-electron chi connectivity index (χ1n) is 7.43. The van der Waals surface area contributed by atoms with E-state index in [9.17, 15) is 0 Å². The van der Waals surface area contributed by atoms with Crippen molar-refractivity contribution >= 4 is 22.6 Å². The molecule has 0 aliphatic carbocycles. The summed E-state index contributed by atoms with van der Waals surface area (Å²) in [4.78, 5) is 11.4. The maximum absolute atomic E-state index is 6.25. The van der Waals surface area contributed by atoms with Crippen LogP contribution in [-0.2, 0) is 13.6 Å². The minimum absolute atomic E-state index is 0.483. The van der Waals surface area contributed by atoms with Gasteiger partial charge in [-0.1, -0.05) is 39.3 Å². The highest BCUT2D eigenvalue weighted by atomic mass is 35.5. The standard InChI is InChI=1S/C15H24ClN5/c1-10(2)7-21(8-11(3)4)9-13-18-14(16)12-6-17-20(5)15(12)19-13/h6,10-11H,7-9H2,1-5H3. The molecule has 0 aromatic carbocycles. The fraction of sp³-hybridized carbons (Fsp3) is 0.667. The molecule has 0 radical (unpaired) electrons. The second kappa shape index (κ2) is 6.71. The third kappa shape index (κ3) is 4.14. The van der Waals surface area contributed by atoms with Crippen molar-refractivity contribution in [1.29, 1.82) is 0 Å². The van der Waals surface area contributed by atoms with E-state index < -0.39 is 0 Å². The molecule has 116 valence electrons. The molecule has 0 N–H and O–H groups in total. The van der Waals surface area contributed by atoms with Gasteiger partial charge in [0.15, 0.2) is 5.65 Å². The van der Waals surface area contributed by atoms with Gasteiger partial charge in [-0.25, -0.2) is 9.97 Å². The van der Waals surface area contributed by atoms with E-state index in [0.717, 1.165) is 36.5 Å². The average molecular weight is 310 g/mol. The lowest BCUT2D eigenvalue weighted by Crippen LogP contribution is -2.31. The molecule has 0 bridgehead atoms. The van der Waals surface area contributed by atoms with Gasteiger partial charge in [0.05, 0.1) is 18.1 Å². The van der Waals surface area contributed by atoms with Gasteiger partial charge in [-0.3, -0.25) is 9.58 Å². The highest BCUT2D eigenvalue weighted by Gasteiger charge is 2.15. The van der Waals surface area contributed by atoms with Crippen LogP contribution in [0.25, 0.3) is 11.0 Å². The first-order chi connectivity index (χ1) is 9.86. The largest absolute Gasteiger partial charge is 0.295 e. The molecule has 0 aliphatic heterocycles. The van der Waals surface area contributed by atoms with Gasteiger partial charge >= 0.3 is 0 Å². The van der Waals surface area contributed by atoms with E-state index in [2.05, 4.69) is 47.7 Å². The molecule has 0 atom stereocenters. The molecule has 0 amide bonds. The molecule has 0 spiro atoms. The lowest BCUT2D eigenvalue weighted by molar-refractivity contribution is 0.207. The van der Waals surface area contributed by atoms with Crippen molar-refractivity contribution in [2.75, 3.05) is 13.1 Å². The van der Waals surface area contributed by atoms with Gasteiger partial charge in [0.25, 0.3) is 0 Å². The van der Waals surface area contributed by atoms with E-state index in [1.54, 1.807) is 10.9 Å². The summed E-state index contributed by atoms with van der Waals surface area (Å²) in [7, 11) is 1.87. The van der Waals surface area contributed by atoms with Crippen molar-refractivity contribution in [1.82, 2.24) is 24.6 Å². The Bertz CT molecular complexity index is 595. The summed E-state index contributed by atoms with van der Waals surface area (Å²) in [5.74, 6) is 1.98. The normalized spacial score (nSPS) is 12.2. The summed E-state index contributed by atoms with van der Waals surface area (Å²) in [6.07, 6.45) is 1.71. The minimum atomic E-state index is 0.483. The predicted octanol–water partition coefficient (Wildman–Crippen LogP) is 3.13. The number of nitrogens with zero attached hydrogens (tertiary/aromatic N) is 5. The Balaban J connectivity index is 2.25. The van der Waals surface area contributed by atoms with Crippen LogP contribution in [0.3, 0.4) is 0 Å². The number of hydrogen-bond acceptors (Lipinski definition) is 4. The van der Waals surface area contributed by atoms with Gasteiger partial charge in [0.2, 0.25) is 0 Å². The van der Waals surface area contributed by atoms with E-state index in [-0.39, 0.29) is 0 Å². The van der Waals surface area contributed by atoms with Gasteiger partial charge in [-0.15, -0.1) is 0 Å². The van der Waals surface area contributed by atoms with Crippen LogP contribution in [0.15, 0.2) is 6.20 Å². The van der Waals surface area contributed by atoms with Gasteiger partial charge in [0.1, 0.15) is 11.0 Å². The van der Waals surface area contributed by atoms with E-state index in [1.165, 1.54) is 0 Å². The number of hydrogen-bond donors (Lipinski definition) is 0. The maximum Gasteiger partial charge on any atom is 0.162 e. The second-order valence-electron chi connectivity index (χ2n) is 6.42. The van der Waals surface area contributed by atoms with Crippen LogP contribution in [0.2, 0.25) is 5.15 Å². The minimum Gasteiger partial charge on any atom is -0.295 e. The van der Waals surface area contributed by atoms with Crippen molar-refractivity contribution in [2.45, 2.75) is 34.2 Å². The third-order valence-corrected chi connectivity index (χ3v) is 3.49. The van der Waals surface area contributed by atoms with Crippen LogP contribution in [-0.4, -0.2) is 37.7 Å². The molecule has 2 heterocycles. The molecule has 0 aliphatic rings. The van der Waals surface area contributed by atoms with Crippen molar-refractivity contribution in [3.63, 3.8) is 0 Å². The Kier molecular flexibility index (Phi) is 5.17. The third-order valence-electron chi connectivity index (χ3n) is 3.20. The molecule has 5 nitrogen and oxygen atoms in total. The molecule has 21 heavy (non-hydrogen) atoms. The van der Waals surface area contributed by atoms with Crippen LogP contribution < -0.4 is 0 Å². The van der Waals surface area contributed by atoms with Crippen LogP contribution >= 0.6 is 11.6 Å². The van der Waals surface area contributed by atoms with Crippen LogP contribution in [0.1, 0.15) is 33.5 Å². The molecule has 2 aromatic heterocycles. The van der Waals surface area contributed by atoms with Gasteiger partial charge in [-0.05, 0) is 11.8 Å². The molecular weight excluding hydrogens is 286 g/mol. The van der Waals surface area contributed by atoms with Crippen LogP contribution in [0.4, 0.5) is 0 Å². The number of aromatic nitrogens is 4. The van der Waals surface area contributed by atoms with Crippen LogP contribution in [0, 0.1) is 11.8 Å². The fourth-order valence-corrected chi connectivity index (χ4v) is 2.77. The van der Waals surface area contributed by atoms with E-state index in [4.69, 9.17) is 11.6 Å². The quantitative estimate of drug-likeness (QED) is 0.769. The highest BCUT2D eigenvalue weighted by molar-refractivity contribution is 6.33. The first kappa shape index (κ1) is 16.2. The fourth-order valence-electron chi connectivity index (χ4n) is 2.54. The highest BCUT2D eigenvalue weighted by Crippen LogP contribution is 2.20. The van der Waals surface area contributed by atoms with Gasteiger partial charge < -0.3 is 0 Å². The van der Waals surface area contributed by atoms with Crippen molar-refractivity contribution in [2.24, 2.45) is 18.9 Å². The van der Waals surface area contributed by atoms with Gasteiger partial charge in [-0.2, -0.15) is 5.10 Å². The molecule has 0 fully saturated rings. The Morgan fingerprint density at radius 1 is 1.14 bits per heavy atom. The molecule has 6 heteroatoms. The number of aryl methyl sites for hydroxylation is 1. The molecule has 0 saturated heterocycles. The molecule has 0 unspecified atom stereocenters. The number of halogens is 1. The second-order valence-corrected chi connectivity index (χ2v) is 6.78. The van der Waals surface area contributed by atoms with Crippen molar-refractivity contribution in [3.05, 3.63) is 17.2 Å². The van der Waals surface area contributed by atoms with E-state index in [0.29, 0.717) is 17.0 Å². The summed E-state index contributed by atoms with van der Waals surface area (Å²) in [5, 5.41) is 5.48. The predicted molar refractivity (Wildman–Crippen MR) is 86.3 cm³/mol. The van der Waals surface area contributed by atoms with Crippen LogP contribution in [0.5, 0.6) is 0 Å². The summed E-state index contributed by atoms with van der Waals surface area (Å²) < 4.78 is 1.74. The monoisotopic (exact) mass is 309 g/mol. The molecular formula is C15H24ClN5. The summed E-state index contributed by atoms with van der Waals surface area (Å²) in [6.45, 7) is 11.7. The average Bonchev–Trinajstić information content (AvgIpc) is 2.70. The number of fused-ring (bicyclic) bond motifs is 1. The van der Waals surface area contributed by atoms with Crippen molar-refractivity contribution in [3.8, 4) is 0 Å². The lowest BCUT2D eigenvalue weighted by Gasteiger charge is -2.25. The van der Waals surface area contributed by atoms with E-state index >= 15 is 0 Å². The summed E-state index contributed by atoms with van der Waals surface area (Å²) in [5.41, 5.74) is 0.791. The zero-order valence-corrected chi connectivity index (χ0v) is 14.2. The topological polar surface area (TPSA) is 46.8 Å². The first-order valence-corrected chi connectivity index (χ1v) is 7.81. The summed E-state index contributed by atoms with van der Waals surface area (Å²) >= 11 is 6.25. The molecule has 0 saturated carbocycles. The Morgan fingerprint density at radius 3 is 2.33 bits per heavy atom. The Labute approximate surface area is 131 Å². The Morgan fingerprint density at radius 2 is 1.76 bits per heavy atom. The molecule has 2 aromatic rings. The van der Waals surface area contributed by atoms with Gasteiger partial charge in [0, 0.05) is 20.1 Å². The maximum atomic E-state index is 6.25. The van der Waals surface area contributed by atoms with E-state index in [1.807, 2.05) is 7.05 Å². The van der Waals surface area contributed by atoms with Crippen molar-refractivity contribution < 1.29 is 0 Å². The zero-order valence-electron chi connectivity index (χ0n) is 13.5. The lowest BCUT2D eigenvalue weighted by atomic mass is 10.1. The number of rotatable bonds is 6. The Hall–Kier alpha value is -1.20. The molecule has 2 rings (SSSR count). The summed E-state index contributed by atoms with van der Waals surface area (Å²) in [6, 6.07) is 0. The zero-order chi connectivity index (χ0) is 15.6. The SMILES string of the molecule is CC(C)CN(Cc1nc(Cl)c2cnn(C)c2n1)CC(C)C. The smallest absolute Gasteiger partial charge is 0.162 e.